The molecule has 0 aliphatic heterocycles. The summed E-state index contributed by atoms with van der Waals surface area (Å²) in [5.74, 6) is 0.875. The molecule has 0 aliphatic rings. The monoisotopic (exact) mass is 262 g/mol. The lowest BCUT2D eigenvalue weighted by Crippen LogP contribution is -1.83. The van der Waals surface area contributed by atoms with Crippen molar-refractivity contribution in [3.05, 3.63) is 66.0 Å². The highest BCUT2D eigenvalue weighted by atomic mass is 16.5. The van der Waals surface area contributed by atoms with Crippen LogP contribution in [0.5, 0.6) is 5.75 Å². The van der Waals surface area contributed by atoms with Crippen molar-refractivity contribution >= 4 is 22.9 Å². The fourth-order valence-corrected chi connectivity index (χ4v) is 2.06. The highest BCUT2D eigenvalue weighted by Gasteiger charge is 1.97. The van der Waals surface area contributed by atoms with E-state index in [1.165, 1.54) is 10.8 Å². The smallest absolute Gasteiger partial charge is 0.119 e. The summed E-state index contributed by atoms with van der Waals surface area (Å²) >= 11 is 0. The van der Waals surface area contributed by atoms with Crippen LogP contribution < -0.4 is 4.74 Å². The van der Waals surface area contributed by atoms with Gasteiger partial charge in [-0.3, -0.25) is 0 Å². The third-order valence-electron chi connectivity index (χ3n) is 3.11. The first-order chi connectivity index (χ1) is 9.85. The van der Waals surface area contributed by atoms with E-state index in [-0.39, 0.29) is 0 Å². The lowest BCUT2D eigenvalue weighted by molar-refractivity contribution is 0.415. The first-order valence-electron chi connectivity index (χ1n) is 6.39. The van der Waals surface area contributed by atoms with Gasteiger partial charge in [-0.05, 0) is 52.7 Å². The highest BCUT2D eigenvalue weighted by Crippen LogP contribution is 2.22. The average Bonchev–Trinajstić information content (AvgIpc) is 2.53. The molecule has 0 saturated carbocycles. The number of ether oxygens (including phenoxy) is 1. The van der Waals surface area contributed by atoms with Crippen LogP contribution in [0.15, 0.2) is 54.7 Å². The fourth-order valence-electron chi connectivity index (χ4n) is 2.06. The standard InChI is InChI=1S/C17H14N2O/c1-20-17-9-7-14-11-13(4-6-15(14)12-17)5-8-16-3-2-10-18-19-16/h2-12H,1H3/b8-5+. The Morgan fingerprint density at radius 1 is 0.950 bits per heavy atom. The summed E-state index contributed by atoms with van der Waals surface area (Å²) in [6.07, 6.45) is 5.66. The molecule has 0 saturated heterocycles. The van der Waals surface area contributed by atoms with Crippen LogP contribution in [0.4, 0.5) is 0 Å². The number of methoxy groups -OCH3 is 1. The van der Waals surface area contributed by atoms with Crippen molar-refractivity contribution in [2.75, 3.05) is 7.11 Å². The zero-order valence-corrected chi connectivity index (χ0v) is 11.2. The second kappa shape index (κ2) is 5.53. The Labute approximate surface area is 117 Å². The fraction of sp³-hybridized carbons (Fsp3) is 0.0588. The summed E-state index contributed by atoms with van der Waals surface area (Å²) in [5, 5.41) is 10.2. The average molecular weight is 262 g/mol. The number of rotatable bonds is 3. The van der Waals surface area contributed by atoms with Gasteiger partial charge < -0.3 is 4.74 Å². The molecule has 0 atom stereocenters. The molecule has 0 radical (unpaired) electrons. The number of benzene rings is 2. The van der Waals surface area contributed by atoms with Gasteiger partial charge in [0.05, 0.1) is 12.8 Å². The molecule has 3 heteroatoms. The second-order valence-corrected chi connectivity index (χ2v) is 4.45. The van der Waals surface area contributed by atoms with Crippen LogP contribution in [0.25, 0.3) is 22.9 Å². The molecule has 0 N–H and O–H groups in total. The van der Waals surface area contributed by atoms with Crippen molar-refractivity contribution in [3.63, 3.8) is 0 Å². The van der Waals surface area contributed by atoms with Crippen molar-refractivity contribution < 1.29 is 4.74 Å². The number of fused-ring (bicyclic) bond motifs is 1. The van der Waals surface area contributed by atoms with Crippen LogP contribution in [0.3, 0.4) is 0 Å². The molecule has 0 spiro atoms. The first kappa shape index (κ1) is 12.4. The maximum atomic E-state index is 5.23. The molecule has 0 unspecified atom stereocenters. The lowest BCUT2D eigenvalue weighted by atomic mass is 10.1. The van der Waals surface area contributed by atoms with E-state index in [4.69, 9.17) is 4.74 Å². The van der Waals surface area contributed by atoms with Crippen LogP contribution in [0.1, 0.15) is 11.3 Å². The molecule has 0 amide bonds. The van der Waals surface area contributed by atoms with Gasteiger partial charge in [-0.15, -0.1) is 0 Å². The third kappa shape index (κ3) is 2.67. The number of hydrogen-bond donors (Lipinski definition) is 0. The van der Waals surface area contributed by atoms with Gasteiger partial charge in [-0.1, -0.05) is 24.3 Å². The largest absolute Gasteiger partial charge is 0.497 e. The summed E-state index contributed by atoms with van der Waals surface area (Å²) in [7, 11) is 1.68. The molecule has 0 fully saturated rings. The van der Waals surface area contributed by atoms with Crippen molar-refractivity contribution in [1.29, 1.82) is 0 Å². The summed E-state index contributed by atoms with van der Waals surface area (Å²) in [5.41, 5.74) is 1.98. The van der Waals surface area contributed by atoms with Crippen LogP contribution >= 0.6 is 0 Å². The lowest BCUT2D eigenvalue weighted by Gasteiger charge is -2.03. The predicted octanol–water partition coefficient (Wildman–Crippen LogP) is 3.81. The van der Waals surface area contributed by atoms with E-state index in [0.29, 0.717) is 0 Å². The molecular weight excluding hydrogens is 248 g/mol. The Balaban J connectivity index is 1.91. The zero-order valence-electron chi connectivity index (χ0n) is 11.2. The third-order valence-corrected chi connectivity index (χ3v) is 3.11. The van der Waals surface area contributed by atoms with Crippen molar-refractivity contribution in [3.8, 4) is 5.75 Å². The van der Waals surface area contributed by atoms with Crippen molar-refractivity contribution in [2.45, 2.75) is 0 Å². The molecule has 3 aromatic rings. The minimum Gasteiger partial charge on any atom is -0.497 e. The Bertz CT molecular complexity index is 751. The minimum atomic E-state index is 0.849. The molecule has 2 aromatic carbocycles. The molecule has 3 rings (SSSR count). The molecule has 1 aromatic heterocycles. The number of nitrogens with zero attached hydrogens (tertiary/aromatic N) is 2. The molecule has 1 heterocycles. The van der Waals surface area contributed by atoms with Crippen LogP contribution in [-0.4, -0.2) is 17.3 Å². The van der Waals surface area contributed by atoms with E-state index < -0.39 is 0 Å². The van der Waals surface area contributed by atoms with Gasteiger partial charge in [0.25, 0.3) is 0 Å². The Kier molecular flexibility index (Phi) is 3.42. The molecular formula is C17H14N2O. The van der Waals surface area contributed by atoms with E-state index in [0.717, 1.165) is 17.0 Å². The quantitative estimate of drug-likeness (QED) is 0.720. The second-order valence-electron chi connectivity index (χ2n) is 4.45. The predicted molar refractivity (Wildman–Crippen MR) is 81.5 cm³/mol. The molecule has 0 bridgehead atoms. The van der Waals surface area contributed by atoms with Gasteiger partial charge in [0.2, 0.25) is 0 Å². The SMILES string of the molecule is COc1ccc2cc(/C=C/c3cccnn3)ccc2c1. The summed E-state index contributed by atoms with van der Waals surface area (Å²) in [6.45, 7) is 0. The minimum absolute atomic E-state index is 0.849. The summed E-state index contributed by atoms with van der Waals surface area (Å²) in [6, 6.07) is 16.2. The number of aromatic nitrogens is 2. The molecule has 3 nitrogen and oxygen atoms in total. The maximum Gasteiger partial charge on any atom is 0.119 e. The van der Waals surface area contributed by atoms with E-state index in [2.05, 4.69) is 34.5 Å². The van der Waals surface area contributed by atoms with Gasteiger partial charge in [0, 0.05) is 6.20 Å². The van der Waals surface area contributed by atoms with Gasteiger partial charge in [-0.25, -0.2) is 0 Å². The first-order valence-corrected chi connectivity index (χ1v) is 6.39. The van der Waals surface area contributed by atoms with Crippen molar-refractivity contribution in [2.24, 2.45) is 0 Å². The van der Waals surface area contributed by atoms with Crippen molar-refractivity contribution in [1.82, 2.24) is 10.2 Å². The van der Waals surface area contributed by atoms with E-state index >= 15 is 0 Å². The summed E-state index contributed by atoms with van der Waals surface area (Å²) in [4.78, 5) is 0. The summed E-state index contributed by atoms with van der Waals surface area (Å²) < 4.78 is 5.23. The highest BCUT2D eigenvalue weighted by molar-refractivity contribution is 5.87. The molecule has 0 aliphatic carbocycles. The van der Waals surface area contributed by atoms with Gasteiger partial charge in [0.1, 0.15) is 5.75 Å². The van der Waals surface area contributed by atoms with E-state index in [1.54, 1.807) is 13.3 Å². The van der Waals surface area contributed by atoms with Gasteiger partial charge in [0.15, 0.2) is 0 Å². The van der Waals surface area contributed by atoms with Crippen LogP contribution in [0, 0.1) is 0 Å². The van der Waals surface area contributed by atoms with Crippen LogP contribution in [0.2, 0.25) is 0 Å². The van der Waals surface area contributed by atoms with Crippen LogP contribution in [-0.2, 0) is 0 Å². The Morgan fingerprint density at radius 3 is 2.60 bits per heavy atom. The van der Waals surface area contributed by atoms with E-state index in [9.17, 15) is 0 Å². The maximum absolute atomic E-state index is 5.23. The normalized spacial score (nSPS) is 11.1. The molecule has 20 heavy (non-hydrogen) atoms. The van der Waals surface area contributed by atoms with Gasteiger partial charge in [-0.2, -0.15) is 10.2 Å². The van der Waals surface area contributed by atoms with E-state index in [1.807, 2.05) is 36.4 Å². The molecule has 98 valence electrons. The number of hydrogen-bond acceptors (Lipinski definition) is 3. The van der Waals surface area contributed by atoms with Gasteiger partial charge >= 0.3 is 0 Å². The Hall–Kier alpha value is -2.68. The zero-order chi connectivity index (χ0) is 13.8. The topological polar surface area (TPSA) is 35.0 Å². The Morgan fingerprint density at radius 2 is 1.80 bits per heavy atom.